The van der Waals surface area contributed by atoms with E-state index in [1.54, 1.807) is 11.3 Å². The lowest BCUT2D eigenvalue weighted by Gasteiger charge is -1.84. The molecule has 0 aliphatic carbocycles. The lowest BCUT2D eigenvalue weighted by molar-refractivity contribution is 1.04. The molecule has 2 nitrogen and oxygen atoms in total. The van der Waals surface area contributed by atoms with Gasteiger partial charge in [-0.1, -0.05) is 6.07 Å². The SMILES string of the molecule is ClCc1cc(-c2cccs2)n[nH]1. The molecule has 0 radical (unpaired) electrons. The minimum Gasteiger partial charge on any atom is -0.281 e. The Morgan fingerprint density at radius 2 is 2.50 bits per heavy atom. The third-order valence-electron chi connectivity index (χ3n) is 1.55. The van der Waals surface area contributed by atoms with E-state index < -0.39 is 0 Å². The summed E-state index contributed by atoms with van der Waals surface area (Å²) in [4.78, 5) is 1.17. The van der Waals surface area contributed by atoms with Crippen molar-refractivity contribution in [1.82, 2.24) is 10.2 Å². The summed E-state index contributed by atoms with van der Waals surface area (Å²) >= 11 is 7.31. The molecule has 0 fully saturated rings. The van der Waals surface area contributed by atoms with Crippen molar-refractivity contribution in [3.8, 4) is 10.6 Å². The van der Waals surface area contributed by atoms with Gasteiger partial charge in [0.15, 0.2) is 0 Å². The van der Waals surface area contributed by atoms with Crippen molar-refractivity contribution in [1.29, 1.82) is 0 Å². The highest BCUT2D eigenvalue weighted by atomic mass is 35.5. The monoisotopic (exact) mass is 198 g/mol. The summed E-state index contributed by atoms with van der Waals surface area (Å²) in [7, 11) is 0. The van der Waals surface area contributed by atoms with Crippen LogP contribution in [0.15, 0.2) is 23.6 Å². The van der Waals surface area contributed by atoms with Gasteiger partial charge in [0.1, 0.15) is 5.69 Å². The number of halogens is 1. The largest absolute Gasteiger partial charge is 0.281 e. The van der Waals surface area contributed by atoms with Gasteiger partial charge < -0.3 is 0 Å². The second-order valence-corrected chi connectivity index (χ2v) is 3.60. The van der Waals surface area contributed by atoms with Crippen LogP contribution in [0.2, 0.25) is 0 Å². The van der Waals surface area contributed by atoms with Crippen LogP contribution >= 0.6 is 22.9 Å². The van der Waals surface area contributed by atoms with Gasteiger partial charge in [-0.2, -0.15) is 5.10 Å². The molecule has 1 N–H and O–H groups in total. The zero-order valence-corrected chi connectivity index (χ0v) is 7.82. The van der Waals surface area contributed by atoms with Crippen LogP contribution in [0, 0.1) is 0 Å². The molecular formula is C8H7ClN2S. The molecule has 0 saturated heterocycles. The van der Waals surface area contributed by atoms with Crippen LogP contribution in [0.25, 0.3) is 10.6 Å². The number of H-pyrrole nitrogens is 1. The maximum atomic E-state index is 5.63. The van der Waals surface area contributed by atoms with Gasteiger partial charge in [-0.3, -0.25) is 5.10 Å². The molecule has 12 heavy (non-hydrogen) atoms. The van der Waals surface area contributed by atoms with E-state index in [2.05, 4.69) is 10.2 Å². The van der Waals surface area contributed by atoms with Crippen LogP contribution in [-0.4, -0.2) is 10.2 Å². The van der Waals surface area contributed by atoms with E-state index >= 15 is 0 Å². The average molecular weight is 199 g/mol. The van der Waals surface area contributed by atoms with E-state index in [4.69, 9.17) is 11.6 Å². The third-order valence-corrected chi connectivity index (χ3v) is 2.73. The van der Waals surface area contributed by atoms with Crippen molar-refractivity contribution < 1.29 is 0 Å². The predicted molar refractivity (Wildman–Crippen MR) is 51.5 cm³/mol. The summed E-state index contributed by atoms with van der Waals surface area (Å²) in [5, 5.41) is 9.03. The highest BCUT2D eigenvalue weighted by Crippen LogP contribution is 2.23. The molecule has 4 heteroatoms. The fourth-order valence-electron chi connectivity index (χ4n) is 0.981. The van der Waals surface area contributed by atoms with E-state index in [1.165, 1.54) is 4.88 Å². The fraction of sp³-hybridized carbons (Fsp3) is 0.125. The van der Waals surface area contributed by atoms with Gasteiger partial charge in [-0.15, -0.1) is 22.9 Å². The zero-order valence-electron chi connectivity index (χ0n) is 6.25. The van der Waals surface area contributed by atoms with Crippen molar-refractivity contribution in [2.24, 2.45) is 0 Å². The first-order chi connectivity index (χ1) is 5.90. The summed E-state index contributed by atoms with van der Waals surface area (Å²) < 4.78 is 0. The van der Waals surface area contributed by atoms with Crippen LogP contribution < -0.4 is 0 Å². The normalized spacial score (nSPS) is 10.4. The summed E-state index contributed by atoms with van der Waals surface area (Å²) in [5.41, 5.74) is 1.93. The summed E-state index contributed by atoms with van der Waals surface area (Å²) in [6.45, 7) is 0. The van der Waals surface area contributed by atoms with Gasteiger partial charge in [0.25, 0.3) is 0 Å². The Balaban J connectivity index is 2.35. The first kappa shape index (κ1) is 7.83. The molecule has 2 aromatic heterocycles. The first-order valence-electron chi connectivity index (χ1n) is 3.54. The van der Waals surface area contributed by atoms with Gasteiger partial charge in [0, 0.05) is 0 Å². The lowest BCUT2D eigenvalue weighted by Crippen LogP contribution is -1.73. The molecule has 62 valence electrons. The maximum absolute atomic E-state index is 5.63. The fourth-order valence-corrected chi connectivity index (χ4v) is 1.80. The molecule has 0 aromatic carbocycles. The highest BCUT2D eigenvalue weighted by Gasteiger charge is 2.02. The van der Waals surface area contributed by atoms with E-state index in [9.17, 15) is 0 Å². The minimum atomic E-state index is 0.484. The molecule has 0 amide bonds. The van der Waals surface area contributed by atoms with E-state index in [0.29, 0.717) is 5.88 Å². The molecule has 2 heterocycles. The van der Waals surface area contributed by atoms with Gasteiger partial charge >= 0.3 is 0 Å². The van der Waals surface area contributed by atoms with Gasteiger partial charge in [0.2, 0.25) is 0 Å². The number of hydrogen-bond donors (Lipinski definition) is 1. The topological polar surface area (TPSA) is 28.7 Å². The molecule has 2 rings (SSSR count). The minimum absolute atomic E-state index is 0.484. The van der Waals surface area contributed by atoms with Crippen LogP contribution in [0.4, 0.5) is 0 Å². The number of nitrogens with zero attached hydrogens (tertiary/aromatic N) is 1. The Kier molecular flexibility index (Phi) is 2.15. The molecule has 0 atom stereocenters. The molecule has 0 aliphatic heterocycles. The Morgan fingerprint density at radius 3 is 3.08 bits per heavy atom. The van der Waals surface area contributed by atoms with Crippen LogP contribution in [-0.2, 0) is 5.88 Å². The standard InChI is InChI=1S/C8H7ClN2S/c9-5-6-4-7(11-10-6)8-2-1-3-12-8/h1-4H,5H2,(H,10,11). The van der Waals surface area contributed by atoms with Crippen molar-refractivity contribution >= 4 is 22.9 Å². The number of aromatic amines is 1. The van der Waals surface area contributed by atoms with E-state index in [-0.39, 0.29) is 0 Å². The second kappa shape index (κ2) is 3.29. The van der Waals surface area contributed by atoms with Crippen LogP contribution in [0.3, 0.4) is 0 Å². The summed E-state index contributed by atoms with van der Waals surface area (Å²) in [5.74, 6) is 0.484. The molecule has 0 spiro atoms. The van der Waals surface area contributed by atoms with Crippen molar-refractivity contribution in [3.05, 3.63) is 29.3 Å². The van der Waals surface area contributed by atoms with Gasteiger partial charge in [-0.05, 0) is 17.5 Å². The highest BCUT2D eigenvalue weighted by molar-refractivity contribution is 7.13. The number of thiophene rings is 1. The Bertz CT molecular complexity index is 353. The zero-order chi connectivity index (χ0) is 8.39. The number of aromatic nitrogens is 2. The summed E-state index contributed by atoms with van der Waals surface area (Å²) in [6, 6.07) is 6.02. The molecule has 0 unspecified atom stereocenters. The van der Waals surface area contributed by atoms with Crippen LogP contribution in [0.5, 0.6) is 0 Å². The Labute approximate surface area is 79.2 Å². The van der Waals surface area contributed by atoms with Crippen molar-refractivity contribution in [2.45, 2.75) is 5.88 Å². The molecule has 0 aliphatic rings. The molecule has 0 saturated carbocycles. The predicted octanol–water partition coefficient (Wildman–Crippen LogP) is 2.88. The first-order valence-corrected chi connectivity index (χ1v) is 4.95. The third kappa shape index (κ3) is 1.38. The van der Waals surface area contributed by atoms with Gasteiger partial charge in [-0.25, -0.2) is 0 Å². The Morgan fingerprint density at radius 1 is 1.58 bits per heavy atom. The average Bonchev–Trinajstić information content (AvgIpc) is 2.75. The van der Waals surface area contributed by atoms with Crippen molar-refractivity contribution in [3.63, 3.8) is 0 Å². The van der Waals surface area contributed by atoms with E-state index in [0.717, 1.165) is 11.4 Å². The van der Waals surface area contributed by atoms with Crippen molar-refractivity contribution in [2.75, 3.05) is 0 Å². The quantitative estimate of drug-likeness (QED) is 0.739. The number of alkyl halides is 1. The number of rotatable bonds is 2. The Hall–Kier alpha value is -0.800. The molecular weight excluding hydrogens is 192 g/mol. The molecule has 0 bridgehead atoms. The molecule has 2 aromatic rings. The van der Waals surface area contributed by atoms with Gasteiger partial charge in [0.05, 0.1) is 16.5 Å². The summed E-state index contributed by atoms with van der Waals surface area (Å²) in [6.07, 6.45) is 0. The number of nitrogens with one attached hydrogen (secondary N) is 1. The van der Waals surface area contributed by atoms with E-state index in [1.807, 2.05) is 23.6 Å². The van der Waals surface area contributed by atoms with Crippen LogP contribution in [0.1, 0.15) is 5.69 Å². The maximum Gasteiger partial charge on any atom is 0.102 e. The smallest absolute Gasteiger partial charge is 0.102 e. The second-order valence-electron chi connectivity index (χ2n) is 2.39. The lowest BCUT2D eigenvalue weighted by atomic mass is 10.3. The number of hydrogen-bond acceptors (Lipinski definition) is 2.